The topological polar surface area (TPSA) is 38.5 Å². The summed E-state index contributed by atoms with van der Waals surface area (Å²) in [7, 11) is 1.95. The number of nitrogens with two attached hydrogens (primary N) is 1. The van der Waals surface area contributed by atoms with Gasteiger partial charge in [0.2, 0.25) is 0 Å². The van der Waals surface area contributed by atoms with Gasteiger partial charge in [-0.1, -0.05) is 6.07 Å². The van der Waals surface area contributed by atoms with Crippen molar-refractivity contribution in [3.63, 3.8) is 0 Å². The lowest BCUT2D eigenvalue weighted by atomic mass is 10.1. The van der Waals surface area contributed by atoms with Crippen LogP contribution in [-0.4, -0.2) is 26.8 Å². The Balaban J connectivity index is 1.93. The summed E-state index contributed by atoms with van der Waals surface area (Å²) in [6.07, 6.45) is 2.60. The van der Waals surface area contributed by atoms with Gasteiger partial charge in [-0.2, -0.15) is 0 Å². The molecule has 0 radical (unpaired) electrons. The van der Waals surface area contributed by atoms with Crippen LogP contribution in [0.4, 0.5) is 10.1 Å². The minimum absolute atomic E-state index is 0.238. The van der Waals surface area contributed by atoms with Crippen LogP contribution in [0.3, 0.4) is 0 Å². The predicted octanol–water partition coefficient (Wildman–Crippen LogP) is 2.71. The third-order valence-corrected chi connectivity index (χ3v) is 3.52. The Morgan fingerprint density at radius 3 is 2.84 bits per heavy atom. The number of nitrogens with zero attached hydrogens (tertiary/aromatic N) is 1. The average molecular weight is 266 g/mol. The fourth-order valence-corrected chi connectivity index (χ4v) is 2.17. The molecule has 19 heavy (non-hydrogen) atoms. The largest absolute Gasteiger partial charge is 0.379 e. The highest BCUT2D eigenvalue weighted by Crippen LogP contribution is 2.29. The summed E-state index contributed by atoms with van der Waals surface area (Å²) in [5.74, 6) is 0.539. The molecule has 106 valence electrons. The van der Waals surface area contributed by atoms with Gasteiger partial charge in [0.1, 0.15) is 5.82 Å². The Morgan fingerprint density at radius 2 is 2.21 bits per heavy atom. The zero-order valence-electron chi connectivity index (χ0n) is 11.7. The molecule has 2 N–H and O–H groups in total. The molecule has 1 atom stereocenters. The Hall–Kier alpha value is -1.13. The molecule has 3 nitrogen and oxygen atoms in total. The predicted molar refractivity (Wildman–Crippen MR) is 75.8 cm³/mol. The number of benzene rings is 1. The molecule has 1 unspecified atom stereocenters. The first kappa shape index (κ1) is 14.3. The molecule has 1 aromatic carbocycles. The molecule has 0 heterocycles. The lowest BCUT2D eigenvalue weighted by Crippen LogP contribution is -2.25. The third kappa shape index (κ3) is 3.91. The van der Waals surface area contributed by atoms with E-state index in [4.69, 9.17) is 10.5 Å². The first-order valence-corrected chi connectivity index (χ1v) is 6.92. The second-order valence-electron chi connectivity index (χ2n) is 5.40. The van der Waals surface area contributed by atoms with Gasteiger partial charge < -0.3 is 15.4 Å². The van der Waals surface area contributed by atoms with Crippen LogP contribution >= 0.6 is 0 Å². The third-order valence-electron chi connectivity index (χ3n) is 3.52. The standard InChI is InChI=1S/C15H23FN2O/c1-11(17)15-13(16)4-3-5-14(15)18(2)8-9-19-10-12-6-7-12/h3-5,11-12H,6-10,17H2,1-2H3. The maximum absolute atomic E-state index is 13.8. The van der Waals surface area contributed by atoms with Crippen molar-refractivity contribution in [3.05, 3.63) is 29.6 Å². The summed E-state index contributed by atoms with van der Waals surface area (Å²) in [6, 6.07) is 4.77. The van der Waals surface area contributed by atoms with Gasteiger partial charge in [0, 0.05) is 37.5 Å². The number of ether oxygens (including phenoxy) is 1. The molecule has 0 saturated heterocycles. The summed E-state index contributed by atoms with van der Waals surface area (Å²) in [6.45, 7) is 4.08. The van der Waals surface area contributed by atoms with Crippen molar-refractivity contribution in [2.75, 3.05) is 31.7 Å². The van der Waals surface area contributed by atoms with Crippen LogP contribution in [0.1, 0.15) is 31.4 Å². The van der Waals surface area contributed by atoms with Gasteiger partial charge in [0.25, 0.3) is 0 Å². The highest BCUT2D eigenvalue weighted by atomic mass is 19.1. The monoisotopic (exact) mass is 266 g/mol. The van der Waals surface area contributed by atoms with Crippen molar-refractivity contribution in [1.29, 1.82) is 0 Å². The van der Waals surface area contributed by atoms with E-state index in [1.165, 1.54) is 18.9 Å². The quantitative estimate of drug-likeness (QED) is 0.771. The van der Waals surface area contributed by atoms with E-state index in [0.29, 0.717) is 12.2 Å². The number of hydrogen-bond donors (Lipinski definition) is 1. The van der Waals surface area contributed by atoms with Crippen molar-refractivity contribution >= 4 is 5.69 Å². The molecule has 0 aromatic heterocycles. The van der Waals surface area contributed by atoms with E-state index in [0.717, 1.165) is 24.8 Å². The van der Waals surface area contributed by atoms with Crippen molar-refractivity contribution < 1.29 is 9.13 Å². The van der Waals surface area contributed by atoms with Crippen LogP contribution in [0.15, 0.2) is 18.2 Å². The van der Waals surface area contributed by atoms with Gasteiger partial charge in [-0.15, -0.1) is 0 Å². The van der Waals surface area contributed by atoms with E-state index in [-0.39, 0.29) is 11.9 Å². The minimum Gasteiger partial charge on any atom is -0.379 e. The molecule has 0 spiro atoms. The highest BCUT2D eigenvalue weighted by molar-refractivity contribution is 5.54. The van der Waals surface area contributed by atoms with Crippen LogP contribution in [0.25, 0.3) is 0 Å². The van der Waals surface area contributed by atoms with Gasteiger partial charge in [-0.3, -0.25) is 0 Å². The number of anilines is 1. The summed E-state index contributed by atoms with van der Waals surface area (Å²) < 4.78 is 19.4. The Bertz CT molecular complexity index is 419. The Morgan fingerprint density at radius 1 is 1.47 bits per heavy atom. The van der Waals surface area contributed by atoms with Gasteiger partial charge in [-0.25, -0.2) is 4.39 Å². The SMILES string of the molecule is CC(N)c1c(F)cccc1N(C)CCOCC1CC1. The van der Waals surface area contributed by atoms with E-state index < -0.39 is 0 Å². The molecule has 1 fully saturated rings. The van der Waals surface area contributed by atoms with Crippen LogP contribution in [0, 0.1) is 11.7 Å². The molecule has 4 heteroatoms. The first-order chi connectivity index (χ1) is 9.09. The van der Waals surface area contributed by atoms with Gasteiger partial charge >= 0.3 is 0 Å². The number of rotatable bonds is 7. The maximum atomic E-state index is 13.8. The molecule has 0 amide bonds. The fourth-order valence-electron chi connectivity index (χ4n) is 2.17. The maximum Gasteiger partial charge on any atom is 0.130 e. The van der Waals surface area contributed by atoms with E-state index in [9.17, 15) is 4.39 Å². The first-order valence-electron chi connectivity index (χ1n) is 6.92. The van der Waals surface area contributed by atoms with E-state index >= 15 is 0 Å². The van der Waals surface area contributed by atoms with Crippen LogP contribution in [0.5, 0.6) is 0 Å². The van der Waals surface area contributed by atoms with Crippen molar-refractivity contribution in [2.45, 2.75) is 25.8 Å². The van der Waals surface area contributed by atoms with Crippen molar-refractivity contribution in [2.24, 2.45) is 11.7 Å². The molecular formula is C15H23FN2O. The summed E-state index contributed by atoms with van der Waals surface area (Å²) in [5, 5.41) is 0. The van der Waals surface area contributed by atoms with Gasteiger partial charge in [0.15, 0.2) is 0 Å². The normalized spacial score (nSPS) is 16.4. The molecule has 1 aliphatic carbocycles. The average Bonchev–Trinajstić information content (AvgIpc) is 3.17. The number of hydrogen-bond acceptors (Lipinski definition) is 3. The number of likely N-dealkylation sites (N-methyl/N-ethyl adjacent to an activating group) is 1. The summed E-state index contributed by atoms with van der Waals surface area (Å²) >= 11 is 0. The van der Waals surface area contributed by atoms with Gasteiger partial charge in [0.05, 0.1) is 6.61 Å². The lowest BCUT2D eigenvalue weighted by molar-refractivity contribution is 0.131. The Kier molecular flexibility index (Phi) is 4.77. The molecule has 0 aliphatic heterocycles. The second-order valence-corrected chi connectivity index (χ2v) is 5.40. The second kappa shape index (κ2) is 6.35. The fraction of sp³-hybridized carbons (Fsp3) is 0.600. The van der Waals surface area contributed by atoms with Crippen LogP contribution in [-0.2, 0) is 4.74 Å². The van der Waals surface area contributed by atoms with E-state index in [1.807, 2.05) is 18.0 Å². The van der Waals surface area contributed by atoms with Crippen LogP contribution in [0.2, 0.25) is 0 Å². The van der Waals surface area contributed by atoms with E-state index in [1.54, 1.807) is 13.0 Å². The van der Waals surface area contributed by atoms with Gasteiger partial charge in [-0.05, 0) is 37.8 Å². The molecule has 1 saturated carbocycles. The highest BCUT2D eigenvalue weighted by Gasteiger charge is 2.21. The van der Waals surface area contributed by atoms with Crippen molar-refractivity contribution in [1.82, 2.24) is 0 Å². The molecule has 1 aromatic rings. The smallest absolute Gasteiger partial charge is 0.130 e. The van der Waals surface area contributed by atoms with Crippen molar-refractivity contribution in [3.8, 4) is 0 Å². The van der Waals surface area contributed by atoms with E-state index in [2.05, 4.69) is 0 Å². The zero-order valence-corrected chi connectivity index (χ0v) is 11.7. The lowest BCUT2D eigenvalue weighted by Gasteiger charge is -2.24. The summed E-state index contributed by atoms with van der Waals surface area (Å²) in [4.78, 5) is 2.01. The number of halogens is 1. The summed E-state index contributed by atoms with van der Waals surface area (Å²) in [5.41, 5.74) is 7.29. The molecule has 2 rings (SSSR count). The minimum atomic E-state index is -0.314. The molecule has 1 aliphatic rings. The molecule has 0 bridgehead atoms. The molecular weight excluding hydrogens is 243 g/mol. The zero-order chi connectivity index (χ0) is 13.8. The Labute approximate surface area is 114 Å². The van der Waals surface area contributed by atoms with Crippen LogP contribution < -0.4 is 10.6 Å².